The fourth-order valence-corrected chi connectivity index (χ4v) is 3.26. The van der Waals surface area contributed by atoms with Crippen LogP contribution in [0.25, 0.3) is 22.2 Å². The van der Waals surface area contributed by atoms with Crippen LogP contribution >= 0.6 is 0 Å². The van der Waals surface area contributed by atoms with Crippen LogP contribution in [0.3, 0.4) is 0 Å². The van der Waals surface area contributed by atoms with Crippen LogP contribution in [0.5, 0.6) is 0 Å². The minimum atomic E-state index is -0.335. The molecule has 30 heavy (non-hydrogen) atoms. The van der Waals surface area contributed by atoms with Gasteiger partial charge in [-0.2, -0.15) is 10.5 Å². The summed E-state index contributed by atoms with van der Waals surface area (Å²) in [6.45, 7) is 1.91. The number of benzene rings is 1. The van der Waals surface area contributed by atoms with E-state index in [2.05, 4.69) is 26.3 Å². The SMILES string of the molecule is C[C@H](Nc1ncnc(N)c1C#N)c1nc2cccc(C#N)c2cc1-c1ccccn1. The monoisotopic (exact) mass is 392 g/mol. The van der Waals surface area contributed by atoms with Gasteiger partial charge in [0.2, 0.25) is 0 Å². The molecule has 0 aliphatic carbocycles. The second-order valence-corrected chi connectivity index (χ2v) is 6.58. The molecule has 3 aromatic heterocycles. The molecule has 0 aliphatic rings. The van der Waals surface area contributed by atoms with Crippen LogP contribution < -0.4 is 11.1 Å². The molecule has 4 aromatic rings. The molecule has 3 heterocycles. The Labute approximate surface area is 172 Å². The molecule has 0 amide bonds. The van der Waals surface area contributed by atoms with E-state index in [0.29, 0.717) is 22.6 Å². The van der Waals surface area contributed by atoms with E-state index in [4.69, 9.17) is 10.7 Å². The molecule has 0 aliphatic heterocycles. The predicted octanol–water partition coefficient (Wildman–Crippen LogP) is 3.59. The van der Waals surface area contributed by atoms with E-state index < -0.39 is 0 Å². The maximum absolute atomic E-state index is 9.49. The Morgan fingerprint density at radius 1 is 1.03 bits per heavy atom. The summed E-state index contributed by atoms with van der Waals surface area (Å²) in [5, 5.41) is 22.9. The summed E-state index contributed by atoms with van der Waals surface area (Å²) in [5.41, 5.74) is 9.43. The zero-order valence-corrected chi connectivity index (χ0v) is 16.0. The lowest BCUT2D eigenvalue weighted by Gasteiger charge is -2.19. The Kier molecular flexibility index (Phi) is 4.90. The largest absolute Gasteiger partial charge is 0.382 e. The molecule has 0 bridgehead atoms. The third-order valence-electron chi connectivity index (χ3n) is 4.70. The Hall–Kier alpha value is -4.56. The van der Waals surface area contributed by atoms with Crippen LogP contribution in [0.4, 0.5) is 11.6 Å². The molecular formula is C22H16N8. The highest BCUT2D eigenvalue weighted by atomic mass is 15.1. The molecule has 0 radical (unpaired) electrons. The summed E-state index contributed by atoms with van der Waals surface area (Å²) in [7, 11) is 0. The Bertz CT molecular complexity index is 1320. The van der Waals surface area contributed by atoms with E-state index >= 15 is 0 Å². The lowest BCUT2D eigenvalue weighted by molar-refractivity contribution is 0.838. The maximum Gasteiger partial charge on any atom is 0.150 e. The van der Waals surface area contributed by atoms with Crippen molar-refractivity contribution in [3.63, 3.8) is 0 Å². The molecule has 3 N–H and O–H groups in total. The van der Waals surface area contributed by atoms with E-state index in [9.17, 15) is 10.5 Å². The first-order valence-corrected chi connectivity index (χ1v) is 9.14. The number of pyridine rings is 2. The fourth-order valence-electron chi connectivity index (χ4n) is 3.26. The number of hydrogen-bond donors (Lipinski definition) is 2. The molecule has 0 spiro atoms. The quantitative estimate of drug-likeness (QED) is 0.537. The van der Waals surface area contributed by atoms with E-state index in [0.717, 1.165) is 16.6 Å². The average Bonchev–Trinajstić information content (AvgIpc) is 2.78. The minimum Gasteiger partial charge on any atom is -0.382 e. The highest BCUT2D eigenvalue weighted by Crippen LogP contribution is 2.32. The molecule has 0 saturated heterocycles. The van der Waals surface area contributed by atoms with Crippen molar-refractivity contribution in [2.24, 2.45) is 0 Å². The zero-order valence-electron chi connectivity index (χ0n) is 16.0. The molecule has 0 saturated carbocycles. The summed E-state index contributed by atoms with van der Waals surface area (Å²) in [6, 6.07) is 16.9. The van der Waals surface area contributed by atoms with Crippen molar-refractivity contribution >= 4 is 22.5 Å². The number of anilines is 2. The van der Waals surface area contributed by atoms with Crippen LogP contribution in [0.15, 0.2) is 55.0 Å². The van der Waals surface area contributed by atoms with Crippen LogP contribution in [-0.4, -0.2) is 19.9 Å². The second-order valence-electron chi connectivity index (χ2n) is 6.58. The second kappa shape index (κ2) is 7.82. The van der Waals surface area contributed by atoms with Crippen LogP contribution in [-0.2, 0) is 0 Å². The van der Waals surface area contributed by atoms with Crippen LogP contribution in [0, 0.1) is 22.7 Å². The summed E-state index contributed by atoms with van der Waals surface area (Å²) in [5.74, 6) is 0.439. The van der Waals surface area contributed by atoms with Crippen molar-refractivity contribution in [1.29, 1.82) is 10.5 Å². The number of nitrogen functional groups attached to an aromatic ring is 1. The summed E-state index contributed by atoms with van der Waals surface area (Å²) in [6.07, 6.45) is 3.01. The van der Waals surface area contributed by atoms with Gasteiger partial charge in [0.05, 0.1) is 34.6 Å². The fraction of sp³-hybridized carbons (Fsp3) is 0.0909. The third kappa shape index (κ3) is 3.34. The summed E-state index contributed by atoms with van der Waals surface area (Å²) >= 11 is 0. The van der Waals surface area contributed by atoms with Gasteiger partial charge in [0.15, 0.2) is 0 Å². The van der Waals surface area contributed by atoms with Crippen molar-refractivity contribution in [3.05, 3.63) is 71.8 Å². The molecule has 0 fully saturated rings. The van der Waals surface area contributed by atoms with Gasteiger partial charge >= 0.3 is 0 Å². The van der Waals surface area contributed by atoms with Gasteiger partial charge in [0.25, 0.3) is 0 Å². The standard InChI is InChI=1S/C22H16N8/c1-13(29-22-17(11-24)21(25)27-12-28-22)20-16(18-6-2-3-8-26-18)9-15-14(10-23)5-4-7-19(15)30-20/h2-9,12-13H,1H3,(H3,25,27,28,29)/t13-/m0/s1. The van der Waals surface area contributed by atoms with Gasteiger partial charge in [-0.25, -0.2) is 15.0 Å². The first-order valence-electron chi connectivity index (χ1n) is 9.14. The lowest BCUT2D eigenvalue weighted by atomic mass is 9.99. The van der Waals surface area contributed by atoms with Crippen LogP contribution in [0.2, 0.25) is 0 Å². The highest BCUT2D eigenvalue weighted by Gasteiger charge is 2.19. The van der Waals surface area contributed by atoms with E-state index in [-0.39, 0.29) is 17.4 Å². The molecule has 1 aromatic carbocycles. The van der Waals surface area contributed by atoms with Crippen molar-refractivity contribution < 1.29 is 0 Å². The third-order valence-corrected chi connectivity index (χ3v) is 4.70. The molecule has 1 atom stereocenters. The van der Waals surface area contributed by atoms with Gasteiger partial charge in [0, 0.05) is 17.1 Å². The van der Waals surface area contributed by atoms with Crippen molar-refractivity contribution in [2.75, 3.05) is 11.1 Å². The van der Waals surface area contributed by atoms with E-state index in [1.165, 1.54) is 6.33 Å². The predicted molar refractivity (Wildman–Crippen MR) is 113 cm³/mol. The van der Waals surface area contributed by atoms with Gasteiger partial charge in [0.1, 0.15) is 29.6 Å². The Balaban J connectivity index is 1.88. The lowest BCUT2D eigenvalue weighted by Crippen LogP contribution is -2.14. The maximum atomic E-state index is 9.49. The number of nitrogens with one attached hydrogen (secondary N) is 1. The number of nitrogens with two attached hydrogens (primary N) is 1. The van der Waals surface area contributed by atoms with Gasteiger partial charge in [-0.15, -0.1) is 0 Å². The van der Waals surface area contributed by atoms with E-state index in [1.807, 2.05) is 43.3 Å². The van der Waals surface area contributed by atoms with Crippen molar-refractivity contribution in [3.8, 4) is 23.4 Å². The number of hydrogen-bond acceptors (Lipinski definition) is 8. The number of aromatic nitrogens is 4. The Morgan fingerprint density at radius 2 is 1.90 bits per heavy atom. The number of nitriles is 2. The summed E-state index contributed by atoms with van der Waals surface area (Å²) < 4.78 is 0. The molecule has 8 nitrogen and oxygen atoms in total. The smallest absolute Gasteiger partial charge is 0.150 e. The van der Waals surface area contributed by atoms with E-state index in [1.54, 1.807) is 18.3 Å². The average molecular weight is 392 g/mol. The normalized spacial score (nSPS) is 11.4. The Morgan fingerprint density at radius 3 is 2.63 bits per heavy atom. The highest BCUT2D eigenvalue weighted by molar-refractivity contribution is 5.89. The number of nitrogens with zero attached hydrogens (tertiary/aromatic N) is 6. The molecule has 144 valence electrons. The van der Waals surface area contributed by atoms with Gasteiger partial charge in [-0.05, 0) is 37.3 Å². The van der Waals surface area contributed by atoms with Gasteiger partial charge in [-0.3, -0.25) is 4.98 Å². The number of fused-ring (bicyclic) bond motifs is 1. The zero-order chi connectivity index (χ0) is 21.1. The van der Waals surface area contributed by atoms with Gasteiger partial charge in [-0.1, -0.05) is 12.1 Å². The molecule has 4 rings (SSSR count). The van der Waals surface area contributed by atoms with Gasteiger partial charge < -0.3 is 11.1 Å². The first kappa shape index (κ1) is 18.8. The minimum absolute atomic E-state index is 0.109. The summed E-state index contributed by atoms with van der Waals surface area (Å²) in [4.78, 5) is 17.3. The van der Waals surface area contributed by atoms with Crippen LogP contribution in [0.1, 0.15) is 29.8 Å². The molecule has 0 unspecified atom stereocenters. The van der Waals surface area contributed by atoms with Crippen molar-refractivity contribution in [1.82, 2.24) is 19.9 Å². The number of rotatable bonds is 4. The molecule has 8 heteroatoms. The topological polar surface area (TPSA) is 137 Å². The first-order chi connectivity index (χ1) is 14.6. The molecular weight excluding hydrogens is 376 g/mol. The van der Waals surface area contributed by atoms with Crippen molar-refractivity contribution in [2.45, 2.75) is 13.0 Å².